The van der Waals surface area contributed by atoms with E-state index in [1.165, 1.54) is 0 Å². The van der Waals surface area contributed by atoms with Gasteiger partial charge in [-0.15, -0.1) is 0 Å². The molecule has 136 valence electrons. The lowest BCUT2D eigenvalue weighted by Crippen LogP contribution is -2.10. The van der Waals surface area contributed by atoms with Crippen LogP contribution >= 0.6 is 0 Å². The van der Waals surface area contributed by atoms with E-state index in [0.717, 1.165) is 18.3 Å². The Labute approximate surface area is 152 Å². The fraction of sp³-hybridized carbons (Fsp3) is 0.250. The van der Waals surface area contributed by atoms with Gasteiger partial charge >= 0.3 is 0 Å². The average Bonchev–Trinajstić information content (AvgIpc) is 2.69. The van der Waals surface area contributed by atoms with Crippen LogP contribution in [0.4, 0.5) is 0 Å². The van der Waals surface area contributed by atoms with Crippen LogP contribution in [-0.2, 0) is 4.74 Å². The molecule has 6 nitrogen and oxygen atoms in total. The van der Waals surface area contributed by atoms with Gasteiger partial charge in [-0.05, 0) is 55.5 Å². The normalized spacial score (nSPS) is 10.3. The number of hydrogen-bond donors (Lipinski definition) is 0. The summed E-state index contributed by atoms with van der Waals surface area (Å²) in [7, 11) is 1.59. The molecule has 2 aromatic carbocycles. The highest BCUT2D eigenvalue weighted by Crippen LogP contribution is 2.12. The zero-order valence-corrected chi connectivity index (χ0v) is 14.8. The topological polar surface area (TPSA) is 85.6 Å². The Bertz CT molecular complexity index is 704. The van der Waals surface area contributed by atoms with Crippen LogP contribution in [-0.4, -0.2) is 32.4 Å². The number of carbonyl (C=O) groups is 2. The van der Waals surface area contributed by atoms with Gasteiger partial charge in [0.1, 0.15) is 30.2 Å². The fourth-order valence-corrected chi connectivity index (χ4v) is 1.82. The van der Waals surface area contributed by atoms with Crippen LogP contribution in [0.2, 0.25) is 0 Å². The number of carbonyl (C=O) groups excluding carboxylic acids is 2. The largest absolute Gasteiger partial charge is 0.497 e. The van der Waals surface area contributed by atoms with Crippen LogP contribution in [0.15, 0.2) is 48.5 Å². The van der Waals surface area contributed by atoms with Crippen molar-refractivity contribution < 1.29 is 23.8 Å². The van der Waals surface area contributed by atoms with E-state index in [1.807, 2.05) is 6.92 Å². The van der Waals surface area contributed by atoms with Crippen molar-refractivity contribution in [2.45, 2.75) is 19.4 Å². The Balaban J connectivity index is 0.000000289. The Morgan fingerprint density at radius 1 is 0.962 bits per heavy atom. The van der Waals surface area contributed by atoms with Crippen molar-refractivity contribution in [3.05, 3.63) is 59.7 Å². The molecule has 0 aromatic heterocycles. The minimum absolute atomic E-state index is 0.140. The van der Waals surface area contributed by atoms with Gasteiger partial charge in [-0.3, -0.25) is 9.59 Å². The number of methoxy groups -OCH3 is 1. The summed E-state index contributed by atoms with van der Waals surface area (Å²) in [6.07, 6.45) is 3.73. The third-order valence-corrected chi connectivity index (χ3v) is 3.32. The van der Waals surface area contributed by atoms with Gasteiger partial charge in [-0.25, -0.2) is 0 Å². The second-order valence-corrected chi connectivity index (χ2v) is 5.23. The van der Waals surface area contributed by atoms with Crippen LogP contribution in [0.3, 0.4) is 0 Å². The van der Waals surface area contributed by atoms with E-state index in [-0.39, 0.29) is 6.10 Å². The molecule has 0 spiro atoms. The molecular weight excluding hydrogens is 334 g/mol. The van der Waals surface area contributed by atoms with Gasteiger partial charge in [-0.2, -0.15) is 5.26 Å². The Morgan fingerprint density at radius 2 is 1.46 bits per heavy atom. The number of benzene rings is 2. The van der Waals surface area contributed by atoms with Gasteiger partial charge in [0.15, 0.2) is 0 Å². The van der Waals surface area contributed by atoms with Crippen molar-refractivity contribution in [2.24, 2.45) is 0 Å². The van der Waals surface area contributed by atoms with E-state index in [2.05, 4.69) is 0 Å². The second kappa shape index (κ2) is 12.1. The molecule has 26 heavy (non-hydrogen) atoms. The maximum Gasteiger partial charge on any atom is 0.286 e. The van der Waals surface area contributed by atoms with E-state index < -0.39 is 0 Å². The molecule has 0 aliphatic heterocycles. The molecule has 2 rings (SSSR count). The van der Waals surface area contributed by atoms with E-state index in [9.17, 15) is 9.59 Å². The first-order chi connectivity index (χ1) is 12.6. The quantitative estimate of drug-likeness (QED) is 0.530. The minimum Gasteiger partial charge on any atom is -0.497 e. The standard InChI is InChI=1S/C12H13NO3.C8H8O2/c1-10(16-9-13)6-7-15-12-4-2-11(8-14)3-5-12;1-10-8-4-2-7(6-9)3-5-8/h2-5,8,10H,6-7H2,1H3;2-6H,1H3. The van der Waals surface area contributed by atoms with Gasteiger partial charge in [0.2, 0.25) is 0 Å². The van der Waals surface area contributed by atoms with E-state index in [0.29, 0.717) is 29.9 Å². The van der Waals surface area contributed by atoms with Crippen molar-refractivity contribution in [1.29, 1.82) is 5.26 Å². The zero-order chi connectivity index (χ0) is 19.2. The van der Waals surface area contributed by atoms with Gasteiger partial charge in [0, 0.05) is 17.5 Å². The van der Waals surface area contributed by atoms with Crippen molar-refractivity contribution in [3.8, 4) is 17.8 Å². The number of rotatable bonds is 8. The smallest absolute Gasteiger partial charge is 0.286 e. The summed E-state index contributed by atoms with van der Waals surface area (Å²) in [5.41, 5.74) is 1.29. The van der Waals surface area contributed by atoms with Crippen LogP contribution in [0.25, 0.3) is 0 Å². The SMILES string of the molecule is CC(CCOc1ccc(C=O)cc1)OC#N.COc1ccc(C=O)cc1. The van der Waals surface area contributed by atoms with Crippen molar-refractivity contribution in [3.63, 3.8) is 0 Å². The lowest BCUT2D eigenvalue weighted by molar-refractivity contribution is 0.111. The number of aldehydes is 2. The Morgan fingerprint density at radius 3 is 1.88 bits per heavy atom. The number of hydrogen-bond acceptors (Lipinski definition) is 6. The molecule has 2 aromatic rings. The summed E-state index contributed by atoms with van der Waals surface area (Å²) in [5.74, 6) is 1.47. The molecule has 0 N–H and O–H groups in total. The molecule has 0 bridgehead atoms. The number of nitrogens with zero attached hydrogens (tertiary/aromatic N) is 1. The van der Waals surface area contributed by atoms with Crippen molar-refractivity contribution >= 4 is 12.6 Å². The first-order valence-corrected chi connectivity index (χ1v) is 7.95. The molecule has 1 unspecified atom stereocenters. The molecule has 0 aliphatic rings. The summed E-state index contributed by atoms with van der Waals surface area (Å²) in [5, 5.41) is 8.26. The molecule has 0 fully saturated rings. The molecular formula is C20H21NO5. The molecule has 0 radical (unpaired) electrons. The predicted octanol–water partition coefficient (Wildman–Crippen LogP) is 3.66. The molecule has 0 heterocycles. The van der Waals surface area contributed by atoms with Gasteiger partial charge < -0.3 is 14.2 Å². The van der Waals surface area contributed by atoms with Gasteiger partial charge in [0.25, 0.3) is 6.26 Å². The Kier molecular flexibility index (Phi) is 9.63. The summed E-state index contributed by atoms with van der Waals surface area (Å²) in [4.78, 5) is 20.6. The summed E-state index contributed by atoms with van der Waals surface area (Å²) in [6.45, 7) is 2.28. The van der Waals surface area contributed by atoms with Crippen molar-refractivity contribution in [1.82, 2.24) is 0 Å². The van der Waals surface area contributed by atoms with E-state index in [4.69, 9.17) is 19.5 Å². The molecule has 6 heteroatoms. The van der Waals surface area contributed by atoms with E-state index in [1.54, 1.807) is 61.9 Å². The molecule has 0 saturated heterocycles. The average molecular weight is 355 g/mol. The highest BCUT2D eigenvalue weighted by molar-refractivity contribution is 5.75. The first-order valence-electron chi connectivity index (χ1n) is 7.95. The predicted molar refractivity (Wildman–Crippen MR) is 96.5 cm³/mol. The number of ether oxygens (including phenoxy) is 3. The zero-order valence-electron chi connectivity index (χ0n) is 14.8. The molecule has 1 atom stereocenters. The minimum atomic E-state index is -0.140. The summed E-state index contributed by atoms with van der Waals surface area (Å²) in [6, 6.07) is 13.8. The third-order valence-electron chi connectivity index (χ3n) is 3.32. The van der Waals surface area contributed by atoms with E-state index >= 15 is 0 Å². The second-order valence-electron chi connectivity index (χ2n) is 5.23. The third kappa shape index (κ3) is 7.97. The maximum atomic E-state index is 10.4. The number of nitriles is 1. The molecule has 0 saturated carbocycles. The molecule has 0 amide bonds. The van der Waals surface area contributed by atoms with Gasteiger partial charge in [0.05, 0.1) is 13.7 Å². The Hall–Kier alpha value is -3.33. The lowest BCUT2D eigenvalue weighted by atomic mass is 10.2. The van der Waals surface area contributed by atoms with Crippen LogP contribution in [0.1, 0.15) is 34.1 Å². The summed E-state index contributed by atoms with van der Waals surface area (Å²) < 4.78 is 15.0. The van der Waals surface area contributed by atoms with Crippen LogP contribution in [0, 0.1) is 11.5 Å². The highest BCUT2D eigenvalue weighted by atomic mass is 16.5. The van der Waals surface area contributed by atoms with Crippen LogP contribution in [0.5, 0.6) is 11.5 Å². The summed E-state index contributed by atoms with van der Waals surface area (Å²) >= 11 is 0. The lowest BCUT2D eigenvalue weighted by Gasteiger charge is -2.09. The van der Waals surface area contributed by atoms with Crippen molar-refractivity contribution in [2.75, 3.05) is 13.7 Å². The maximum absolute atomic E-state index is 10.4. The fourth-order valence-electron chi connectivity index (χ4n) is 1.82. The highest BCUT2D eigenvalue weighted by Gasteiger charge is 2.02. The molecule has 0 aliphatic carbocycles. The van der Waals surface area contributed by atoms with Gasteiger partial charge in [-0.1, -0.05) is 0 Å². The first kappa shape index (κ1) is 20.7. The monoisotopic (exact) mass is 355 g/mol. The van der Waals surface area contributed by atoms with Crippen LogP contribution < -0.4 is 9.47 Å².